The van der Waals surface area contributed by atoms with E-state index in [4.69, 9.17) is 16.3 Å². The number of fused-ring (bicyclic) bond motifs is 1. The van der Waals surface area contributed by atoms with E-state index in [0.29, 0.717) is 35.6 Å². The van der Waals surface area contributed by atoms with Crippen LogP contribution < -0.4 is 15.0 Å². The van der Waals surface area contributed by atoms with Crippen LogP contribution in [0.25, 0.3) is 5.69 Å². The summed E-state index contributed by atoms with van der Waals surface area (Å²) < 4.78 is 50.0. The molecule has 0 spiro atoms. The molecule has 1 aliphatic heterocycles. The molecule has 0 unspecified atom stereocenters. The fraction of sp³-hybridized carbons (Fsp3) is 0.150. The Hall–Kier alpha value is -3.73. The zero-order valence-corrected chi connectivity index (χ0v) is 17.3. The van der Waals surface area contributed by atoms with Crippen molar-refractivity contribution in [2.24, 2.45) is 0 Å². The number of rotatable bonds is 5. The highest BCUT2D eigenvalue weighted by atomic mass is 35.5. The van der Waals surface area contributed by atoms with E-state index >= 15 is 0 Å². The van der Waals surface area contributed by atoms with Gasteiger partial charge in [0.15, 0.2) is 17.5 Å². The summed E-state index contributed by atoms with van der Waals surface area (Å²) in [4.78, 5) is 9.83. The Kier molecular flexibility index (Phi) is 4.89. The molecular weight excluding hydrogens is 447 g/mol. The molecule has 32 heavy (non-hydrogen) atoms. The van der Waals surface area contributed by atoms with Crippen LogP contribution in [-0.2, 0) is 6.54 Å². The van der Waals surface area contributed by atoms with Gasteiger partial charge in [-0.15, -0.1) is 5.10 Å². The summed E-state index contributed by atoms with van der Waals surface area (Å²) in [5, 5.41) is 7.79. The normalized spacial score (nSPS) is 12.8. The van der Waals surface area contributed by atoms with E-state index in [1.165, 1.54) is 11.0 Å². The molecule has 5 rings (SSSR count). The lowest BCUT2D eigenvalue weighted by atomic mass is 10.2. The van der Waals surface area contributed by atoms with Crippen molar-refractivity contribution in [3.8, 4) is 11.4 Å². The largest absolute Gasteiger partial charge is 0.494 e. The van der Waals surface area contributed by atoms with Crippen molar-refractivity contribution in [1.29, 1.82) is 0 Å². The first-order chi connectivity index (χ1) is 15.4. The smallest absolute Gasteiger partial charge is 0.248 e. The molecular formula is C20H15ClF3N7O. The Morgan fingerprint density at radius 2 is 1.88 bits per heavy atom. The molecule has 3 heterocycles. The summed E-state index contributed by atoms with van der Waals surface area (Å²) in [5.41, 5.74) is 1.27. The van der Waals surface area contributed by atoms with E-state index in [1.807, 2.05) is 6.07 Å². The highest BCUT2D eigenvalue weighted by Gasteiger charge is 2.28. The number of methoxy groups -OCH3 is 1. The van der Waals surface area contributed by atoms with Gasteiger partial charge in [0, 0.05) is 24.5 Å². The zero-order chi connectivity index (χ0) is 22.4. The summed E-state index contributed by atoms with van der Waals surface area (Å²) in [6, 6.07) is 7.42. The minimum absolute atomic E-state index is 0.105. The molecule has 0 aliphatic carbocycles. The molecule has 1 aliphatic rings. The average Bonchev–Trinajstić information content (AvgIpc) is 3.48. The lowest BCUT2D eigenvalue weighted by molar-refractivity contribution is 0.413. The molecule has 2 aromatic carbocycles. The fourth-order valence-corrected chi connectivity index (χ4v) is 3.66. The second kappa shape index (κ2) is 7.75. The van der Waals surface area contributed by atoms with Crippen LogP contribution >= 0.6 is 11.6 Å². The van der Waals surface area contributed by atoms with Crippen molar-refractivity contribution in [1.82, 2.24) is 24.3 Å². The molecule has 0 radical (unpaired) electrons. The van der Waals surface area contributed by atoms with Crippen LogP contribution in [-0.4, -0.2) is 38.0 Å². The minimum Gasteiger partial charge on any atom is -0.494 e. The standard InChI is InChI=1S/C20H15ClF3N7O/c1-32-15-8-11(2-4-13(15)29-9-16(21)25-10-29)26-19-27-20-30(6-7-31(20)28-19)14-5-3-12(22)17(23)18(14)24/h2-5,8-10H,6-7H2,1H3,(H,26,28). The van der Waals surface area contributed by atoms with Gasteiger partial charge in [0.2, 0.25) is 11.9 Å². The van der Waals surface area contributed by atoms with Crippen molar-refractivity contribution in [3.05, 3.63) is 65.5 Å². The first kappa shape index (κ1) is 20.2. The van der Waals surface area contributed by atoms with Crippen LogP contribution in [0, 0.1) is 17.5 Å². The number of halogens is 4. The predicted molar refractivity (Wildman–Crippen MR) is 112 cm³/mol. The lowest BCUT2D eigenvalue weighted by Crippen LogP contribution is -2.17. The van der Waals surface area contributed by atoms with Crippen LogP contribution in [0.2, 0.25) is 5.15 Å². The monoisotopic (exact) mass is 461 g/mol. The Morgan fingerprint density at radius 3 is 2.62 bits per heavy atom. The Morgan fingerprint density at radius 1 is 1.06 bits per heavy atom. The van der Waals surface area contributed by atoms with Crippen molar-refractivity contribution < 1.29 is 17.9 Å². The van der Waals surface area contributed by atoms with Gasteiger partial charge in [-0.25, -0.2) is 22.8 Å². The number of imidazole rings is 1. The van der Waals surface area contributed by atoms with Crippen molar-refractivity contribution in [3.63, 3.8) is 0 Å². The van der Waals surface area contributed by atoms with Crippen molar-refractivity contribution >= 4 is 34.9 Å². The Bertz CT molecular complexity index is 1320. The molecule has 2 aromatic heterocycles. The van der Waals surface area contributed by atoms with Crippen LogP contribution in [0.5, 0.6) is 5.75 Å². The number of hydrogen-bond donors (Lipinski definition) is 1. The van der Waals surface area contributed by atoms with Gasteiger partial charge in [0.05, 0.1) is 25.0 Å². The van der Waals surface area contributed by atoms with Crippen LogP contribution in [0.15, 0.2) is 42.9 Å². The van der Waals surface area contributed by atoms with Crippen molar-refractivity contribution in [2.75, 3.05) is 23.9 Å². The maximum absolute atomic E-state index is 14.3. The van der Waals surface area contributed by atoms with E-state index in [0.717, 1.165) is 11.8 Å². The number of aromatic nitrogens is 5. The summed E-state index contributed by atoms with van der Waals surface area (Å²) >= 11 is 5.89. The van der Waals surface area contributed by atoms with Crippen LogP contribution in [0.4, 0.5) is 36.4 Å². The van der Waals surface area contributed by atoms with Gasteiger partial charge in [0.25, 0.3) is 0 Å². The Labute approximate surface area is 184 Å². The van der Waals surface area contributed by atoms with Crippen LogP contribution in [0.3, 0.4) is 0 Å². The topological polar surface area (TPSA) is 73.0 Å². The summed E-state index contributed by atoms with van der Waals surface area (Å²) in [7, 11) is 1.54. The van der Waals surface area contributed by atoms with Gasteiger partial charge in [-0.3, -0.25) is 0 Å². The first-order valence-electron chi connectivity index (χ1n) is 9.45. The average molecular weight is 462 g/mol. The lowest BCUT2D eigenvalue weighted by Gasteiger charge is -2.16. The third kappa shape index (κ3) is 3.40. The quantitative estimate of drug-likeness (QED) is 0.443. The molecule has 0 bridgehead atoms. The summed E-state index contributed by atoms with van der Waals surface area (Å²) in [6.07, 6.45) is 3.22. The van der Waals surface area contributed by atoms with Gasteiger partial charge < -0.3 is 19.5 Å². The molecule has 1 N–H and O–H groups in total. The number of ether oxygens (including phenoxy) is 1. The Balaban J connectivity index is 1.42. The first-order valence-corrected chi connectivity index (χ1v) is 9.83. The second-order valence-electron chi connectivity index (χ2n) is 6.92. The molecule has 12 heteroatoms. The molecule has 4 aromatic rings. The van der Waals surface area contributed by atoms with Gasteiger partial charge in [-0.1, -0.05) is 11.6 Å². The van der Waals surface area contributed by atoms with Gasteiger partial charge in [-0.2, -0.15) is 4.98 Å². The van der Waals surface area contributed by atoms with E-state index in [1.54, 1.807) is 41.0 Å². The molecule has 0 amide bonds. The number of hydrogen-bond acceptors (Lipinski definition) is 6. The predicted octanol–water partition coefficient (Wildman–Crippen LogP) is 4.44. The van der Waals surface area contributed by atoms with E-state index in [9.17, 15) is 13.2 Å². The number of nitrogens with zero attached hydrogens (tertiary/aromatic N) is 6. The van der Waals surface area contributed by atoms with Crippen molar-refractivity contribution in [2.45, 2.75) is 6.54 Å². The number of benzene rings is 2. The molecule has 164 valence electrons. The third-order valence-electron chi connectivity index (χ3n) is 5.00. The van der Waals surface area contributed by atoms with Gasteiger partial charge >= 0.3 is 0 Å². The summed E-state index contributed by atoms with van der Waals surface area (Å²) in [6.45, 7) is 0.736. The molecule has 8 nitrogen and oxygen atoms in total. The van der Waals surface area contributed by atoms with Gasteiger partial charge in [0.1, 0.15) is 17.2 Å². The molecule has 0 fully saturated rings. The van der Waals surface area contributed by atoms with E-state index in [2.05, 4.69) is 20.4 Å². The zero-order valence-electron chi connectivity index (χ0n) is 16.6. The second-order valence-corrected chi connectivity index (χ2v) is 7.31. The van der Waals surface area contributed by atoms with Gasteiger partial charge in [-0.05, 0) is 24.3 Å². The fourth-order valence-electron chi connectivity index (χ4n) is 3.51. The maximum atomic E-state index is 14.3. The molecule has 0 saturated carbocycles. The minimum atomic E-state index is -1.52. The number of nitrogens with one attached hydrogen (secondary N) is 1. The molecule has 0 saturated heterocycles. The maximum Gasteiger partial charge on any atom is 0.248 e. The van der Waals surface area contributed by atoms with E-state index in [-0.39, 0.29) is 11.6 Å². The van der Waals surface area contributed by atoms with Crippen LogP contribution in [0.1, 0.15) is 0 Å². The third-order valence-corrected chi connectivity index (χ3v) is 5.19. The highest BCUT2D eigenvalue weighted by Crippen LogP contribution is 2.34. The summed E-state index contributed by atoms with van der Waals surface area (Å²) in [5.74, 6) is -2.91. The SMILES string of the molecule is COc1cc(Nc2nc3n(n2)CCN3c2ccc(F)c(F)c2F)ccc1-n1cnc(Cl)c1. The van der Waals surface area contributed by atoms with E-state index < -0.39 is 17.5 Å². The highest BCUT2D eigenvalue weighted by molar-refractivity contribution is 6.29. The number of anilines is 4. The molecule has 0 atom stereocenters.